The number of carbonyl (C=O) groups is 2. The van der Waals surface area contributed by atoms with Gasteiger partial charge in [0, 0.05) is 20.9 Å². The number of rotatable bonds is 11. The molecule has 132 valence electrons. The number of carboxylic acid groups (broad SMARTS) is 2. The van der Waals surface area contributed by atoms with Crippen molar-refractivity contribution in [1.82, 2.24) is 0 Å². The second-order valence-corrected chi connectivity index (χ2v) is 12.1. The number of aliphatic carboxylic acids is 2. The van der Waals surface area contributed by atoms with Crippen LogP contribution in [0.1, 0.15) is 44.9 Å². The third-order valence-electron chi connectivity index (χ3n) is 3.50. The van der Waals surface area contributed by atoms with Crippen molar-refractivity contribution in [2.75, 3.05) is 13.1 Å². The van der Waals surface area contributed by atoms with E-state index in [1.165, 1.54) is 0 Å². The van der Waals surface area contributed by atoms with Gasteiger partial charge >= 0.3 is 11.9 Å². The van der Waals surface area contributed by atoms with Crippen LogP contribution < -0.4 is 11.5 Å². The van der Waals surface area contributed by atoms with E-state index in [1.54, 1.807) is 0 Å². The summed E-state index contributed by atoms with van der Waals surface area (Å²) >= 11 is 0. The molecule has 0 rings (SSSR count). The molecule has 0 aliphatic heterocycles. The van der Waals surface area contributed by atoms with Crippen LogP contribution in [0.4, 0.5) is 0 Å². The van der Waals surface area contributed by atoms with Crippen LogP contribution in [0.15, 0.2) is 0 Å². The van der Waals surface area contributed by atoms with E-state index in [2.05, 4.69) is 19.6 Å². The number of unbranched alkanes of at least 4 members (excludes halogenated alkanes) is 2. The topological polar surface area (TPSA) is 127 Å². The number of hydrogen-bond acceptors (Lipinski definition) is 4. The summed E-state index contributed by atoms with van der Waals surface area (Å²) in [6.45, 7) is 7.99. The molecule has 0 aliphatic rings. The molecule has 0 radical (unpaired) electrons. The first-order chi connectivity index (χ1) is 10.1. The van der Waals surface area contributed by atoms with Gasteiger partial charge in [0.1, 0.15) is 0 Å². The van der Waals surface area contributed by atoms with Crippen molar-refractivity contribution < 1.29 is 19.8 Å². The minimum absolute atomic E-state index is 0.278. The molecule has 22 heavy (non-hydrogen) atoms. The van der Waals surface area contributed by atoms with Gasteiger partial charge in [-0.1, -0.05) is 32.5 Å². The Morgan fingerprint density at radius 3 is 1.82 bits per heavy atom. The zero-order valence-electron chi connectivity index (χ0n) is 14.3. The van der Waals surface area contributed by atoms with Crippen LogP contribution in [0.5, 0.6) is 0 Å². The Kier molecular flexibility index (Phi) is 14.6. The lowest BCUT2D eigenvalue weighted by atomic mass is 10.2. The molecular formula is C15H34N2O4Si. The van der Waals surface area contributed by atoms with E-state index in [1.807, 2.05) is 0 Å². The van der Waals surface area contributed by atoms with Gasteiger partial charge in [0.25, 0.3) is 0 Å². The first-order valence-electron chi connectivity index (χ1n) is 7.98. The van der Waals surface area contributed by atoms with Crippen molar-refractivity contribution in [3.8, 4) is 0 Å². The molecule has 0 aliphatic carbocycles. The second kappa shape index (κ2) is 13.7. The van der Waals surface area contributed by atoms with Crippen molar-refractivity contribution in [1.29, 1.82) is 0 Å². The van der Waals surface area contributed by atoms with E-state index in [9.17, 15) is 9.59 Å². The number of carboxylic acids is 2. The van der Waals surface area contributed by atoms with E-state index in [0.717, 1.165) is 32.1 Å². The maximum absolute atomic E-state index is 10.6. The quantitative estimate of drug-likeness (QED) is 0.339. The summed E-state index contributed by atoms with van der Waals surface area (Å²) in [4.78, 5) is 20.5. The standard InChI is InChI=1S/C9H21NO2Si.C6H13NO2/c1-13(2,3)8(5-4-6-10)7-9(11)12;7-5-3-1-2-4-6(8)9/h8H,4-7,10H2,1-3H3,(H,11,12);1-5,7H2,(H,8,9). The third kappa shape index (κ3) is 17.1. The van der Waals surface area contributed by atoms with E-state index >= 15 is 0 Å². The molecule has 0 saturated carbocycles. The fourth-order valence-electron chi connectivity index (χ4n) is 2.01. The van der Waals surface area contributed by atoms with Gasteiger partial charge in [0.05, 0.1) is 0 Å². The molecule has 6 nitrogen and oxygen atoms in total. The molecule has 0 aromatic rings. The summed E-state index contributed by atoms with van der Waals surface area (Å²) < 4.78 is 0. The first kappa shape index (κ1) is 23.3. The average molecular weight is 335 g/mol. The van der Waals surface area contributed by atoms with Crippen LogP contribution in [0.2, 0.25) is 25.2 Å². The lowest BCUT2D eigenvalue weighted by Gasteiger charge is -2.27. The lowest BCUT2D eigenvalue weighted by Crippen LogP contribution is -2.30. The van der Waals surface area contributed by atoms with Gasteiger partial charge in [-0.3, -0.25) is 9.59 Å². The summed E-state index contributed by atoms with van der Waals surface area (Å²) in [7, 11) is -1.32. The minimum Gasteiger partial charge on any atom is -0.481 e. The highest BCUT2D eigenvalue weighted by atomic mass is 28.3. The van der Waals surface area contributed by atoms with Crippen LogP contribution in [0.25, 0.3) is 0 Å². The Balaban J connectivity index is 0. The van der Waals surface area contributed by atoms with Gasteiger partial charge in [-0.2, -0.15) is 0 Å². The maximum atomic E-state index is 10.6. The largest absolute Gasteiger partial charge is 0.481 e. The summed E-state index contributed by atoms with van der Waals surface area (Å²) in [6.07, 6.45) is 5.14. The van der Waals surface area contributed by atoms with Crippen molar-refractivity contribution in [3.63, 3.8) is 0 Å². The van der Waals surface area contributed by atoms with E-state index in [-0.39, 0.29) is 6.42 Å². The highest BCUT2D eigenvalue weighted by molar-refractivity contribution is 6.77. The molecule has 7 heteroatoms. The SMILES string of the molecule is C[Si](C)(C)C(CCCN)CC(=O)O.NCCCCCC(=O)O. The Labute approximate surface area is 135 Å². The second-order valence-electron chi connectivity index (χ2n) is 6.58. The minimum atomic E-state index is -1.32. The van der Waals surface area contributed by atoms with Gasteiger partial charge in [-0.25, -0.2) is 0 Å². The first-order valence-corrected chi connectivity index (χ1v) is 11.6. The smallest absolute Gasteiger partial charge is 0.303 e. The molecule has 0 heterocycles. The lowest BCUT2D eigenvalue weighted by molar-refractivity contribution is -0.138. The highest BCUT2D eigenvalue weighted by Gasteiger charge is 2.27. The zero-order chi connectivity index (χ0) is 17.6. The van der Waals surface area contributed by atoms with Crippen LogP contribution in [0, 0.1) is 0 Å². The fourth-order valence-corrected chi connectivity index (χ4v) is 3.87. The van der Waals surface area contributed by atoms with Gasteiger partial charge < -0.3 is 21.7 Å². The summed E-state index contributed by atoms with van der Waals surface area (Å²) in [5.74, 6) is -1.39. The fraction of sp³-hybridized carbons (Fsp3) is 0.867. The third-order valence-corrected chi connectivity index (χ3v) is 6.44. The van der Waals surface area contributed by atoms with E-state index in [0.29, 0.717) is 25.1 Å². The van der Waals surface area contributed by atoms with Gasteiger partial charge in [0.2, 0.25) is 0 Å². The molecule has 0 amide bonds. The van der Waals surface area contributed by atoms with Crippen LogP contribution >= 0.6 is 0 Å². The van der Waals surface area contributed by atoms with Crippen LogP contribution in [-0.2, 0) is 9.59 Å². The average Bonchev–Trinajstić information content (AvgIpc) is 2.38. The Morgan fingerprint density at radius 1 is 0.909 bits per heavy atom. The van der Waals surface area contributed by atoms with Gasteiger partial charge in [-0.15, -0.1) is 0 Å². The number of nitrogens with two attached hydrogens (primary N) is 2. The van der Waals surface area contributed by atoms with Crippen molar-refractivity contribution in [2.24, 2.45) is 11.5 Å². The molecule has 0 aromatic heterocycles. The molecule has 1 atom stereocenters. The van der Waals surface area contributed by atoms with Gasteiger partial charge in [-0.05, 0) is 37.9 Å². The van der Waals surface area contributed by atoms with Crippen molar-refractivity contribution in [3.05, 3.63) is 0 Å². The molecule has 0 fully saturated rings. The molecule has 0 aromatic carbocycles. The molecule has 1 unspecified atom stereocenters. The summed E-state index contributed by atoms with van der Waals surface area (Å²) in [6, 6.07) is 0. The Hall–Kier alpha value is -0.923. The summed E-state index contributed by atoms with van der Waals surface area (Å²) in [5, 5.41) is 16.9. The molecule has 0 saturated heterocycles. The highest BCUT2D eigenvalue weighted by Crippen LogP contribution is 2.29. The van der Waals surface area contributed by atoms with Gasteiger partial charge in [0.15, 0.2) is 0 Å². The molecule has 0 bridgehead atoms. The molecule has 0 spiro atoms. The Morgan fingerprint density at radius 2 is 1.45 bits per heavy atom. The van der Waals surface area contributed by atoms with E-state index < -0.39 is 20.0 Å². The predicted octanol–water partition coefficient (Wildman–Crippen LogP) is 2.50. The number of hydrogen-bond donors (Lipinski definition) is 4. The van der Waals surface area contributed by atoms with Crippen molar-refractivity contribution in [2.45, 2.75) is 70.1 Å². The maximum Gasteiger partial charge on any atom is 0.303 e. The Bertz CT molecular complexity index is 306. The monoisotopic (exact) mass is 334 g/mol. The molecule has 6 N–H and O–H groups in total. The normalized spacial score (nSPS) is 12.2. The zero-order valence-corrected chi connectivity index (χ0v) is 15.3. The van der Waals surface area contributed by atoms with Crippen LogP contribution in [-0.4, -0.2) is 43.3 Å². The van der Waals surface area contributed by atoms with Crippen molar-refractivity contribution >= 4 is 20.0 Å². The summed E-state index contributed by atoms with van der Waals surface area (Å²) in [5.41, 5.74) is 11.0. The molecular weight excluding hydrogens is 300 g/mol. The predicted molar refractivity (Wildman–Crippen MR) is 92.8 cm³/mol. The van der Waals surface area contributed by atoms with Crippen LogP contribution in [0.3, 0.4) is 0 Å². The van der Waals surface area contributed by atoms with E-state index in [4.69, 9.17) is 21.7 Å².